The van der Waals surface area contributed by atoms with E-state index in [1.165, 1.54) is 4.52 Å². The fourth-order valence-electron chi connectivity index (χ4n) is 2.40. The molecule has 0 radical (unpaired) electrons. The number of aromatic amines is 1. The maximum atomic E-state index is 12.3. The van der Waals surface area contributed by atoms with Crippen molar-refractivity contribution in [3.05, 3.63) is 45.3 Å². The van der Waals surface area contributed by atoms with E-state index in [2.05, 4.69) is 21.0 Å². The number of terminal acetylenes is 1. The van der Waals surface area contributed by atoms with E-state index < -0.39 is 0 Å². The van der Waals surface area contributed by atoms with Crippen LogP contribution in [0.4, 0.5) is 0 Å². The molecule has 0 aliphatic carbocycles. The van der Waals surface area contributed by atoms with Gasteiger partial charge in [-0.3, -0.25) is 9.78 Å². The molecule has 0 atom stereocenters. The molecule has 2 aromatic heterocycles. The van der Waals surface area contributed by atoms with Gasteiger partial charge < -0.3 is 4.74 Å². The number of hydrogen-bond donors (Lipinski definition) is 1. The van der Waals surface area contributed by atoms with Gasteiger partial charge in [-0.05, 0) is 18.1 Å². The van der Waals surface area contributed by atoms with Crippen molar-refractivity contribution in [3.63, 3.8) is 0 Å². The predicted octanol–water partition coefficient (Wildman–Crippen LogP) is 2.87. The third-order valence-electron chi connectivity index (χ3n) is 3.45. The maximum absolute atomic E-state index is 12.3. The van der Waals surface area contributed by atoms with E-state index >= 15 is 0 Å². The van der Waals surface area contributed by atoms with Crippen molar-refractivity contribution < 1.29 is 4.74 Å². The molecule has 2 heterocycles. The first kappa shape index (κ1) is 16.1. The highest BCUT2D eigenvalue weighted by Gasteiger charge is 2.20. The largest absolute Gasteiger partial charge is 0.451 e. The summed E-state index contributed by atoms with van der Waals surface area (Å²) in [7, 11) is 0. The highest BCUT2D eigenvalue weighted by Crippen LogP contribution is 2.29. The third kappa shape index (κ3) is 2.86. The Labute approximate surface area is 143 Å². The van der Waals surface area contributed by atoms with Gasteiger partial charge >= 0.3 is 6.01 Å². The molecule has 0 saturated heterocycles. The molecule has 0 amide bonds. The van der Waals surface area contributed by atoms with Gasteiger partial charge in [-0.2, -0.15) is 0 Å². The minimum Gasteiger partial charge on any atom is -0.451 e. The third-order valence-corrected chi connectivity index (χ3v) is 3.70. The monoisotopic (exact) mass is 342 g/mol. The lowest BCUT2D eigenvalue weighted by Crippen LogP contribution is -2.15. The lowest BCUT2D eigenvalue weighted by Gasteiger charge is -2.08. The summed E-state index contributed by atoms with van der Waals surface area (Å²) < 4.78 is 6.74. The van der Waals surface area contributed by atoms with Crippen LogP contribution in [0.15, 0.2) is 29.1 Å². The zero-order chi connectivity index (χ0) is 17.3. The van der Waals surface area contributed by atoms with Gasteiger partial charge in [0.25, 0.3) is 5.56 Å². The van der Waals surface area contributed by atoms with Crippen LogP contribution in [0.3, 0.4) is 0 Å². The predicted molar refractivity (Wildman–Crippen MR) is 92.5 cm³/mol. The first-order valence-corrected chi connectivity index (χ1v) is 7.74. The quantitative estimate of drug-likeness (QED) is 0.740. The van der Waals surface area contributed by atoms with Crippen LogP contribution in [0.1, 0.15) is 25.5 Å². The lowest BCUT2D eigenvalue weighted by atomic mass is 10.0. The van der Waals surface area contributed by atoms with Crippen LogP contribution in [0, 0.1) is 12.3 Å². The van der Waals surface area contributed by atoms with Crippen LogP contribution in [-0.4, -0.2) is 26.2 Å². The number of hydrogen-bond acceptors (Lipinski definition) is 4. The SMILES string of the molecule is C#CCOc1nn2c(-c3ccc(Cl)cc3)c(C(C)C)nc2c(=O)[nH]1. The Hall–Kier alpha value is -2.78. The summed E-state index contributed by atoms with van der Waals surface area (Å²) in [5.74, 6) is 2.44. The summed E-state index contributed by atoms with van der Waals surface area (Å²) in [6.07, 6.45) is 5.18. The number of fused-ring (bicyclic) bond motifs is 1. The molecule has 0 fully saturated rings. The van der Waals surface area contributed by atoms with Crippen LogP contribution in [-0.2, 0) is 0 Å². The van der Waals surface area contributed by atoms with Crippen molar-refractivity contribution in [2.45, 2.75) is 19.8 Å². The topological polar surface area (TPSA) is 72.3 Å². The number of H-pyrrole nitrogens is 1. The number of nitrogens with zero attached hydrogens (tertiary/aromatic N) is 3. The summed E-state index contributed by atoms with van der Waals surface area (Å²) in [4.78, 5) is 19.3. The molecule has 3 rings (SSSR count). The molecule has 3 aromatic rings. The fourth-order valence-corrected chi connectivity index (χ4v) is 2.52. The van der Waals surface area contributed by atoms with E-state index in [0.29, 0.717) is 5.02 Å². The molecular weight excluding hydrogens is 328 g/mol. The van der Waals surface area contributed by atoms with Crippen molar-refractivity contribution >= 4 is 17.2 Å². The highest BCUT2D eigenvalue weighted by molar-refractivity contribution is 6.30. The van der Waals surface area contributed by atoms with E-state index in [0.717, 1.165) is 17.0 Å². The molecule has 6 nitrogen and oxygen atoms in total. The van der Waals surface area contributed by atoms with Crippen LogP contribution in [0.5, 0.6) is 6.01 Å². The number of aromatic nitrogens is 4. The number of benzene rings is 1. The van der Waals surface area contributed by atoms with Gasteiger partial charge in [-0.25, -0.2) is 9.50 Å². The van der Waals surface area contributed by atoms with E-state index in [9.17, 15) is 4.79 Å². The smallest absolute Gasteiger partial charge is 0.315 e. The standard InChI is InChI=1S/C17H15ClN4O2/c1-4-9-24-17-20-16(23)15-19-13(10(2)3)14(22(15)21-17)11-5-7-12(18)8-6-11/h1,5-8,10H,9H2,2-3H3,(H,20,21,23). The second kappa shape index (κ2) is 6.38. The number of ether oxygens (including phenoxy) is 1. The molecular formula is C17H15ClN4O2. The Kier molecular flexibility index (Phi) is 4.28. The van der Waals surface area contributed by atoms with Crippen LogP contribution in [0.25, 0.3) is 16.9 Å². The fraction of sp³-hybridized carbons (Fsp3) is 0.235. The molecule has 1 N–H and O–H groups in total. The Morgan fingerprint density at radius 3 is 2.71 bits per heavy atom. The highest BCUT2D eigenvalue weighted by atomic mass is 35.5. The number of rotatable bonds is 4. The summed E-state index contributed by atoms with van der Waals surface area (Å²) in [5.41, 5.74) is 2.17. The van der Waals surface area contributed by atoms with Crippen molar-refractivity contribution in [2.75, 3.05) is 6.61 Å². The van der Waals surface area contributed by atoms with E-state index in [1.807, 2.05) is 26.0 Å². The van der Waals surface area contributed by atoms with Crippen LogP contribution in [0.2, 0.25) is 5.02 Å². The van der Waals surface area contributed by atoms with Gasteiger partial charge in [-0.15, -0.1) is 11.5 Å². The molecule has 24 heavy (non-hydrogen) atoms. The zero-order valence-corrected chi connectivity index (χ0v) is 14.0. The lowest BCUT2D eigenvalue weighted by molar-refractivity contribution is 0.331. The number of imidazole rings is 1. The van der Waals surface area contributed by atoms with E-state index in [-0.39, 0.29) is 29.7 Å². The second-order valence-corrected chi connectivity index (χ2v) is 5.93. The summed E-state index contributed by atoms with van der Waals surface area (Å²) in [6.45, 7) is 4.02. The first-order chi connectivity index (χ1) is 11.5. The second-order valence-electron chi connectivity index (χ2n) is 5.49. The van der Waals surface area contributed by atoms with E-state index in [1.54, 1.807) is 12.1 Å². The molecule has 0 spiro atoms. The number of nitrogens with one attached hydrogen (secondary N) is 1. The van der Waals surface area contributed by atoms with Crippen molar-refractivity contribution in [1.29, 1.82) is 0 Å². The Morgan fingerprint density at radius 2 is 2.08 bits per heavy atom. The van der Waals surface area contributed by atoms with Gasteiger partial charge in [0, 0.05) is 10.6 Å². The Morgan fingerprint density at radius 1 is 1.38 bits per heavy atom. The van der Waals surface area contributed by atoms with Crippen molar-refractivity contribution in [3.8, 4) is 29.6 Å². The molecule has 122 valence electrons. The van der Waals surface area contributed by atoms with Crippen LogP contribution >= 0.6 is 11.6 Å². The van der Waals surface area contributed by atoms with E-state index in [4.69, 9.17) is 22.8 Å². The summed E-state index contributed by atoms with van der Waals surface area (Å²) in [6, 6.07) is 7.34. The Balaban J connectivity index is 2.29. The maximum Gasteiger partial charge on any atom is 0.315 e. The Bertz CT molecular complexity index is 981. The number of halogens is 1. The average molecular weight is 343 g/mol. The molecule has 1 aromatic carbocycles. The first-order valence-electron chi connectivity index (χ1n) is 7.36. The normalized spacial score (nSPS) is 11.0. The van der Waals surface area contributed by atoms with Crippen molar-refractivity contribution in [2.24, 2.45) is 0 Å². The van der Waals surface area contributed by atoms with Crippen molar-refractivity contribution in [1.82, 2.24) is 19.6 Å². The zero-order valence-electron chi connectivity index (χ0n) is 13.2. The molecule has 0 aliphatic heterocycles. The molecule has 0 bridgehead atoms. The summed E-state index contributed by atoms with van der Waals surface area (Å²) in [5, 5.41) is 4.95. The van der Waals surface area contributed by atoms with Crippen LogP contribution < -0.4 is 10.3 Å². The minimum atomic E-state index is -0.390. The van der Waals surface area contributed by atoms with Gasteiger partial charge in [0.2, 0.25) is 5.65 Å². The van der Waals surface area contributed by atoms with Gasteiger partial charge in [-0.1, -0.05) is 43.5 Å². The average Bonchev–Trinajstić information content (AvgIpc) is 2.94. The molecule has 7 heteroatoms. The molecule has 0 unspecified atom stereocenters. The van der Waals surface area contributed by atoms with Gasteiger partial charge in [0.05, 0.1) is 11.4 Å². The van der Waals surface area contributed by atoms with Gasteiger partial charge in [0.15, 0.2) is 6.61 Å². The van der Waals surface area contributed by atoms with Gasteiger partial charge in [0.1, 0.15) is 0 Å². The minimum absolute atomic E-state index is 0.0104. The summed E-state index contributed by atoms with van der Waals surface area (Å²) >= 11 is 5.97. The molecule has 0 saturated carbocycles. The molecule has 0 aliphatic rings.